The Hall–Kier alpha value is -15.0. The molecule has 0 bridgehead atoms. The largest absolute Gasteiger partial charge is 0.506 e. The Balaban J connectivity index is 0.000000217. The van der Waals surface area contributed by atoms with Gasteiger partial charge in [-0.15, -0.1) is 4.13 Å². The molecule has 0 amide bonds. The number of aromatic carboxylic acids is 2. The molecule has 41 nitrogen and oxygen atoms in total. The first-order valence-electron chi connectivity index (χ1n) is 35.0. The predicted octanol–water partition coefficient (Wildman–Crippen LogP) is 6.04. The fraction of sp³-hybridized carbons (Fsp3) is 0.130. The van der Waals surface area contributed by atoms with Crippen LogP contribution in [-0.2, 0) is 85.1 Å². The molecule has 1 aromatic carbocycles. The molecule has 12 heterocycles. The second-order valence-corrected chi connectivity index (χ2v) is 30.6. The van der Waals surface area contributed by atoms with E-state index in [2.05, 4.69) is 85.2 Å². The number of carbonyl (C=O) groups is 5. The van der Waals surface area contributed by atoms with Gasteiger partial charge in [-0.3, -0.25) is 73.7 Å². The van der Waals surface area contributed by atoms with E-state index in [0.717, 1.165) is 40.5 Å². The van der Waals surface area contributed by atoms with Gasteiger partial charge in [0.15, 0.2) is 38.0 Å². The molecule has 122 heavy (non-hydrogen) atoms. The van der Waals surface area contributed by atoms with E-state index < -0.39 is 80.7 Å². The summed E-state index contributed by atoms with van der Waals surface area (Å²) in [4.78, 5) is 103. The van der Waals surface area contributed by atoms with Gasteiger partial charge in [-0.2, -0.15) is 15.3 Å². The Morgan fingerprint density at radius 1 is 0.459 bits per heavy atom. The van der Waals surface area contributed by atoms with Crippen molar-refractivity contribution in [2.45, 2.75) is 47.9 Å². The van der Waals surface area contributed by atoms with Crippen LogP contribution in [0.2, 0.25) is 0 Å². The topological polar surface area (TPSA) is 607 Å². The quantitative estimate of drug-likeness (QED) is 0.0252. The predicted molar refractivity (Wildman–Crippen MR) is 439 cm³/mol. The molecule has 0 saturated heterocycles. The van der Waals surface area contributed by atoms with Crippen molar-refractivity contribution in [2.24, 2.45) is 15.0 Å². The average molecular weight is 1740 g/mol. The normalized spacial score (nSPS) is 11.0. The van der Waals surface area contributed by atoms with Crippen molar-refractivity contribution >= 4 is 93.8 Å². The van der Waals surface area contributed by atoms with Crippen LogP contribution < -0.4 is 8.25 Å². The SMILES string of the molecule is CC(=NCC(=O)O)c1ccccn1.COCCn1ccc(C(=O)O)n1.O=C(O)CN=Cc1ccccn1.O=C(O)CS(=O)(=O)NS(=O)(=O)c1ccccn1.O=C(O)c1ccn(Cc2ccccn2)n1.O=S(=O)(NS(=O)(=O)c1ccccn1)c1ccccn1.Oc1ccccc1N=Cc1ccccn1.c1ccc(Cc2n[nH]c(Cc3ccccn3)n2)nc1. The summed E-state index contributed by atoms with van der Waals surface area (Å²) in [5.41, 5.74) is 6.22. The van der Waals surface area contributed by atoms with Crippen LogP contribution in [0, 0.1) is 0 Å². The number of para-hydroxylation sites is 2. The lowest BCUT2D eigenvalue weighted by Crippen LogP contribution is -2.35. The second kappa shape index (κ2) is 50.6. The maximum Gasteiger partial charge on any atom is 0.356 e. The molecule has 0 fully saturated rings. The number of aliphatic carboxylic acids is 3. The van der Waals surface area contributed by atoms with Gasteiger partial charge in [-0.1, -0.05) is 70.9 Å². The summed E-state index contributed by atoms with van der Waals surface area (Å²) >= 11 is 0. The summed E-state index contributed by atoms with van der Waals surface area (Å²) in [7, 11) is -15.8. The molecule has 0 spiro atoms. The zero-order valence-electron chi connectivity index (χ0n) is 64.3. The van der Waals surface area contributed by atoms with Crippen LogP contribution >= 0.6 is 0 Å². The molecule has 0 aliphatic carbocycles. The van der Waals surface area contributed by atoms with E-state index in [1.165, 1.54) is 94.3 Å². The number of benzene rings is 1. The molecule has 13 aromatic rings. The minimum absolute atomic E-state index is 0.0472. The summed E-state index contributed by atoms with van der Waals surface area (Å²) in [6.45, 7) is 2.91. The van der Waals surface area contributed by atoms with Crippen molar-refractivity contribution in [3.8, 4) is 5.75 Å². The van der Waals surface area contributed by atoms with Crippen LogP contribution in [-0.4, -0.2) is 224 Å². The first kappa shape index (κ1) is 95.8. The van der Waals surface area contributed by atoms with Crippen LogP contribution in [0.15, 0.2) is 298 Å². The molecule has 0 aliphatic rings. The number of ether oxygens (including phenoxy) is 1. The molecule has 0 saturated carbocycles. The van der Waals surface area contributed by atoms with Gasteiger partial charge in [0, 0.05) is 99.3 Å². The van der Waals surface area contributed by atoms with Crippen molar-refractivity contribution in [3.05, 3.63) is 326 Å². The number of carboxylic acid groups (broad SMARTS) is 5. The standard InChI is InChI=1S/C14H13N5.C12H10N2O.C10H9N3O4S2.C10H9N3O2.C9H10N2O2.C8H8N2O2.C7H8N2O6S2.C7H10N2O3/c1-3-7-15-11(5-1)9-13-17-14(19-18-13)10-12-6-2-4-8-16-12;15-12-7-2-1-6-11(12)14-9-10-5-3-4-8-13-10;14-18(15,9-5-1-3-7-11-9)13-19(16,17)10-6-2-4-8-12-10;14-10(15)9-4-6-13(12-9)7-8-3-1-2-5-11-8;1-7(11-6-9(12)13)8-4-2-3-5-10-8;11-8(12)6-9-5-7-3-1-2-4-10-7;10-7(11)5-16(12,13)9-17(14,15)6-3-1-2-4-8-6;1-12-5-4-9-3-2-6(8-9)7(10)11/h1-8H,9-10H2,(H,17,18,19);1-9,15H;1-8,13H;1-6H,7H2,(H,14,15);2-5H,6H2,1H3,(H,12,13);1-5H,6H2,(H,11,12);1-4,9H,5H2,(H,10,11);2-3H,4-5H2,1H3,(H,10,11). The molecule has 0 aliphatic heterocycles. The minimum Gasteiger partial charge on any atom is -0.506 e. The number of aromatic hydroxyl groups is 1. The number of hydrogen-bond acceptors (Lipinski definition) is 31. The number of sulfonamides is 4. The smallest absolute Gasteiger partial charge is 0.356 e. The first-order chi connectivity index (χ1) is 58.4. The van der Waals surface area contributed by atoms with E-state index in [1.54, 1.807) is 121 Å². The lowest BCUT2D eigenvalue weighted by molar-refractivity contribution is -0.136. The van der Waals surface area contributed by atoms with Crippen molar-refractivity contribution in [1.29, 1.82) is 0 Å². The van der Waals surface area contributed by atoms with Crippen molar-refractivity contribution in [3.63, 3.8) is 0 Å². The third-order valence-electron chi connectivity index (χ3n) is 14.1. The number of aromatic nitrogens is 16. The molecular formula is C77H77N21O20S4. The molecule has 0 radical (unpaired) electrons. The maximum atomic E-state index is 11.8. The van der Waals surface area contributed by atoms with Gasteiger partial charge >= 0.3 is 29.8 Å². The summed E-state index contributed by atoms with van der Waals surface area (Å²) in [5, 5.41) is 65.1. The Morgan fingerprint density at radius 2 is 0.893 bits per heavy atom. The lowest BCUT2D eigenvalue weighted by Gasteiger charge is -2.06. The number of nitrogens with zero attached hydrogens (tertiary/aromatic N) is 18. The third kappa shape index (κ3) is 37.5. The molecule has 13 rings (SSSR count). The highest BCUT2D eigenvalue weighted by Crippen LogP contribution is 2.24. The van der Waals surface area contributed by atoms with E-state index in [0.29, 0.717) is 55.3 Å². The summed E-state index contributed by atoms with van der Waals surface area (Å²) in [6.07, 6.45) is 21.5. The van der Waals surface area contributed by atoms with Crippen molar-refractivity contribution in [2.75, 3.05) is 32.6 Å². The lowest BCUT2D eigenvalue weighted by atomic mass is 10.2. The molecule has 0 unspecified atom stereocenters. The van der Waals surface area contributed by atoms with E-state index in [4.69, 9.17) is 30.3 Å². The highest BCUT2D eigenvalue weighted by atomic mass is 32.3. The van der Waals surface area contributed by atoms with Crippen LogP contribution in [0.5, 0.6) is 5.75 Å². The molecule has 634 valence electrons. The van der Waals surface area contributed by atoms with Crippen LogP contribution in [0.25, 0.3) is 0 Å². The van der Waals surface area contributed by atoms with Gasteiger partial charge in [-0.25, -0.2) is 63.2 Å². The Morgan fingerprint density at radius 3 is 1.33 bits per heavy atom. The summed E-state index contributed by atoms with van der Waals surface area (Å²) in [6, 6.07) is 55.6. The fourth-order valence-corrected chi connectivity index (χ4v) is 14.1. The number of nitrogens with one attached hydrogen (secondary N) is 3. The number of phenols is 1. The van der Waals surface area contributed by atoms with Gasteiger partial charge in [0.25, 0.3) is 30.1 Å². The van der Waals surface area contributed by atoms with E-state index in [1.807, 2.05) is 91.0 Å². The zero-order valence-corrected chi connectivity index (χ0v) is 67.6. The Labute approximate surface area is 697 Å². The number of pyridine rings is 9. The Kier molecular flexibility index (Phi) is 39.7. The van der Waals surface area contributed by atoms with E-state index >= 15 is 0 Å². The van der Waals surface area contributed by atoms with Crippen LogP contribution in [0.3, 0.4) is 0 Å². The number of hydrogen-bond donors (Lipinski definition) is 9. The van der Waals surface area contributed by atoms with E-state index in [-0.39, 0.29) is 40.3 Å². The number of carboxylic acids is 5. The second-order valence-electron chi connectivity index (χ2n) is 23.4. The number of rotatable bonds is 28. The van der Waals surface area contributed by atoms with Gasteiger partial charge in [0.2, 0.25) is 10.0 Å². The molecule has 9 N–H and O–H groups in total. The molecule has 45 heteroatoms. The number of methoxy groups -OCH3 is 1. The highest BCUT2D eigenvalue weighted by molar-refractivity contribution is 8.05. The van der Waals surface area contributed by atoms with Gasteiger partial charge in [0.05, 0.1) is 60.8 Å². The van der Waals surface area contributed by atoms with Crippen LogP contribution in [0.1, 0.15) is 73.7 Å². The average Bonchev–Trinajstić information content (AvgIpc) is 1.12. The number of aliphatic imine (C=N–C) groups is 3. The van der Waals surface area contributed by atoms with Gasteiger partial charge in [-0.05, 0) is 140 Å². The van der Waals surface area contributed by atoms with Crippen LogP contribution in [0.4, 0.5) is 5.69 Å². The van der Waals surface area contributed by atoms with E-state index in [9.17, 15) is 62.8 Å². The number of H-pyrrole nitrogens is 1. The maximum absolute atomic E-state index is 11.8. The van der Waals surface area contributed by atoms with Gasteiger partial charge < -0.3 is 35.4 Å². The number of aromatic amines is 1. The van der Waals surface area contributed by atoms with Crippen molar-refractivity contribution in [1.82, 2.24) is 87.9 Å². The first-order valence-corrected chi connectivity index (χ1v) is 41.1. The highest BCUT2D eigenvalue weighted by Gasteiger charge is 2.27. The zero-order chi connectivity index (χ0) is 88.6. The van der Waals surface area contributed by atoms with Crippen molar-refractivity contribution < 1.29 is 93.0 Å². The Bertz CT molecular complexity index is 5850. The third-order valence-corrected chi connectivity index (χ3v) is 20.7. The molecule has 12 aromatic heterocycles. The monoisotopic (exact) mass is 1740 g/mol. The summed E-state index contributed by atoms with van der Waals surface area (Å²) in [5.74, 6) is -5.15. The molecule has 0 atom stereocenters. The minimum atomic E-state index is -4.46. The summed E-state index contributed by atoms with van der Waals surface area (Å²) < 4.78 is 103. The van der Waals surface area contributed by atoms with Gasteiger partial charge in [0.1, 0.15) is 30.4 Å². The number of phenolic OH excluding ortho intramolecular Hbond substituents is 1. The fourth-order valence-electron chi connectivity index (χ4n) is 8.66. The molecular weight excluding hydrogens is 1670 g/mol.